The van der Waals surface area contributed by atoms with E-state index in [0.29, 0.717) is 5.56 Å². The van der Waals surface area contributed by atoms with Crippen LogP contribution in [0.4, 0.5) is 9.39 Å². The fourth-order valence-electron chi connectivity index (χ4n) is 5.81. The molecule has 3 N–H and O–H groups in total. The number of aliphatic hydroxyl groups excluding tert-OH is 1. The highest BCUT2D eigenvalue weighted by Crippen LogP contribution is 2.52. The first kappa shape index (κ1) is 25.2. The first-order chi connectivity index (χ1) is 17.9. The highest BCUT2D eigenvalue weighted by molar-refractivity contribution is 7.91. The summed E-state index contributed by atoms with van der Waals surface area (Å²) in [4.78, 5) is 15.3. The number of allylic oxidation sites excluding steroid dienone is 1. The van der Waals surface area contributed by atoms with Gasteiger partial charge in [-0.3, -0.25) is 4.79 Å². The molecule has 1 aromatic carbocycles. The number of thiophene rings is 1. The summed E-state index contributed by atoms with van der Waals surface area (Å²) in [7, 11) is -7.89. The van der Waals surface area contributed by atoms with Crippen LogP contribution < -0.4 is 10.0 Å². The van der Waals surface area contributed by atoms with Crippen molar-refractivity contribution >= 4 is 48.1 Å². The number of rotatable bonds is 6. The molecule has 3 heterocycles. The third kappa shape index (κ3) is 4.15. The molecule has 0 spiro atoms. The number of hydrogen-bond acceptors (Lipinski definition) is 8. The van der Waals surface area contributed by atoms with Crippen LogP contribution in [0.2, 0.25) is 0 Å². The minimum atomic E-state index is -4.33. The minimum absolute atomic E-state index is 0.0180. The lowest BCUT2D eigenvalue weighted by Crippen LogP contribution is -2.53. The normalized spacial score (nSPS) is 27.3. The summed E-state index contributed by atoms with van der Waals surface area (Å²) in [6.45, 7) is -0.0897. The molecule has 14 heteroatoms. The van der Waals surface area contributed by atoms with E-state index >= 15 is 0 Å². The van der Waals surface area contributed by atoms with Gasteiger partial charge in [0.05, 0.1) is 6.26 Å². The van der Waals surface area contributed by atoms with E-state index in [2.05, 4.69) is 14.4 Å². The first-order valence-corrected chi connectivity index (χ1v) is 16.0. The average Bonchev–Trinajstić information content (AvgIpc) is 3.56. The highest BCUT2D eigenvalue weighted by Gasteiger charge is 2.55. The second-order valence-electron chi connectivity index (χ2n) is 9.84. The van der Waals surface area contributed by atoms with Crippen molar-refractivity contribution in [3.63, 3.8) is 0 Å². The van der Waals surface area contributed by atoms with E-state index in [1.165, 1.54) is 17.5 Å². The first-order valence-electron chi connectivity index (χ1n) is 11.8. The molecular weight excluding hydrogens is 555 g/mol. The summed E-state index contributed by atoms with van der Waals surface area (Å²) in [5.74, 6) is -1.86. The van der Waals surface area contributed by atoms with Crippen molar-refractivity contribution < 1.29 is 31.1 Å². The van der Waals surface area contributed by atoms with Crippen LogP contribution in [0.5, 0.6) is 0 Å². The maximum Gasteiger partial charge on any atom is 0.287 e. The summed E-state index contributed by atoms with van der Waals surface area (Å²) in [5.41, 5.74) is 0.698. The molecular formula is C24H23FN4O6S3. The van der Waals surface area contributed by atoms with Crippen LogP contribution in [0.15, 0.2) is 62.4 Å². The zero-order chi connectivity index (χ0) is 27.0. The van der Waals surface area contributed by atoms with Crippen LogP contribution in [0.25, 0.3) is 0 Å². The van der Waals surface area contributed by atoms with Crippen molar-refractivity contribution in [2.24, 2.45) is 22.2 Å². The summed E-state index contributed by atoms with van der Waals surface area (Å²) in [6, 6.07) is 5.47. The van der Waals surface area contributed by atoms with Crippen molar-refractivity contribution in [1.29, 1.82) is 0 Å². The number of carbonyl (C=O) groups excluding carboxylic acids is 1. The van der Waals surface area contributed by atoms with E-state index in [9.17, 15) is 31.1 Å². The van der Waals surface area contributed by atoms with Gasteiger partial charge in [-0.25, -0.2) is 17.5 Å². The van der Waals surface area contributed by atoms with Crippen LogP contribution in [-0.4, -0.2) is 50.9 Å². The fraction of sp³-hybridized carbons (Fsp3) is 0.333. The van der Waals surface area contributed by atoms with Crippen molar-refractivity contribution in [1.82, 2.24) is 9.62 Å². The van der Waals surface area contributed by atoms with E-state index in [1.54, 1.807) is 17.0 Å². The molecule has 6 rings (SSSR count). The number of carbonyl (C=O) groups is 1. The Morgan fingerprint density at radius 2 is 1.95 bits per heavy atom. The van der Waals surface area contributed by atoms with Crippen molar-refractivity contribution in [3.05, 3.63) is 70.1 Å². The Hall–Kier alpha value is -3.07. The van der Waals surface area contributed by atoms with E-state index in [1.807, 2.05) is 12.2 Å². The number of amidine groups is 1. The molecule has 4 aliphatic rings. The molecule has 38 heavy (non-hydrogen) atoms. The Balaban J connectivity index is 1.39. The second kappa shape index (κ2) is 8.73. The van der Waals surface area contributed by atoms with Crippen LogP contribution in [-0.2, 0) is 37.9 Å². The number of sulfonamides is 2. The van der Waals surface area contributed by atoms with Gasteiger partial charge < -0.3 is 15.3 Å². The predicted molar refractivity (Wildman–Crippen MR) is 139 cm³/mol. The zero-order valence-corrected chi connectivity index (χ0v) is 22.4. The molecule has 1 fully saturated rings. The summed E-state index contributed by atoms with van der Waals surface area (Å²) in [6.07, 6.45) is 5.77. The van der Waals surface area contributed by atoms with Gasteiger partial charge in [-0.1, -0.05) is 24.3 Å². The number of benzene rings is 1. The molecule has 2 aliphatic heterocycles. The summed E-state index contributed by atoms with van der Waals surface area (Å²) < 4.78 is 69.1. The molecule has 1 amide bonds. The number of amides is 1. The number of hydrogen-bond donors (Lipinski definition) is 3. The van der Waals surface area contributed by atoms with Crippen molar-refractivity contribution in [2.45, 2.75) is 30.4 Å². The Kier molecular flexibility index (Phi) is 5.79. The largest absolute Gasteiger partial charge is 0.511 e. The van der Waals surface area contributed by atoms with Crippen LogP contribution in [0, 0.1) is 23.6 Å². The number of aliphatic hydroxyl groups is 1. The molecule has 4 atom stereocenters. The number of nitrogens with zero attached hydrogens (tertiary/aromatic N) is 2. The van der Waals surface area contributed by atoms with E-state index in [0.717, 1.165) is 24.0 Å². The molecule has 1 saturated carbocycles. The molecule has 0 radical (unpaired) electrons. The third-order valence-corrected chi connectivity index (χ3v) is 10.5. The average molecular weight is 579 g/mol. The molecule has 10 nitrogen and oxygen atoms in total. The smallest absolute Gasteiger partial charge is 0.287 e. The standard InChI is InChI=1S/C24H23FN4O6S3/c1-37(32,33)26-9-15-11-36-23-21(15)38(34,35)28-22(27-23)18-20(30)17-13-4-5-14(8-13)19(17)29(24(18)31)10-12-2-6-16(25)7-3-12/h2-7,11,13-14,17,19,26,30H,8-10H2,1H3,(H,27,28). The van der Waals surface area contributed by atoms with Crippen LogP contribution >= 0.6 is 11.3 Å². The Labute approximate surface area is 222 Å². The summed E-state index contributed by atoms with van der Waals surface area (Å²) in [5, 5.41) is 15.9. The van der Waals surface area contributed by atoms with Gasteiger partial charge in [-0.15, -0.1) is 15.7 Å². The lowest BCUT2D eigenvalue weighted by atomic mass is 9.80. The number of fused-ring (bicyclic) bond motifs is 6. The fourth-order valence-corrected chi connectivity index (χ4v) is 8.84. The topological polar surface area (TPSA) is 145 Å². The van der Waals surface area contributed by atoms with Gasteiger partial charge in [0.2, 0.25) is 10.0 Å². The van der Waals surface area contributed by atoms with Gasteiger partial charge in [0, 0.05) is 30.6 Å². The quantitative estimate of drug-likeness (QED) is 0.447. The van der Waals surface area contributed by atoms with E-state index in [-0.39, 0.29) is 63.6 Å². The van der Waals surface area contributed by atoms with Crippen molar-refractivity contribution in [3.8, 4) is 0 Å². The number of nitrogens with one attached hydrogen (secondary N) is 2. The molecule has 1 aromatic heterocycles. The highest BCUT2D eigenvalue weighted by atomic mass is 32.2. The van der Waals surface area contributed by atoms with Crippen molar-refractivity contribution in [2.75, 3.05) is 11.6 Å². The lowest BCUT2D eigenvalue weighted by Gasteiger charge is -2.42. The van der Waals surface area contributed by atoms with Gasteiger partial charge in [-0.2, -0.15) is 8.42 Å². The number of halogens is 1. The maximum absolute atomic E-state index is 13.9. The Morgan fingerprint density at radius 1 is 1.24 bits per heavy atom. The monoisotopic (exact) mass is 578 g/mol. The Bertz CT molecular complexity index is 1660. The molecule has 200 valence electrons. The third-order valence-electron chi connectivity index (χ3n) is 7.37. The van der Waals surface area contributed by atoms with Gasteiger partial charge >= 0.3 is 0 Å². The SMILES string of the molecule is CS(=O)(=O)NCc1csc2c1S(=O)(=O)N=C(C1=C(O)C3C4C=CC(C4)C3N(Cc3ccc(F)cc3)C1=O)N2. The van der Waals surface area contributed by atoms with Gasteiger partial charge in [-0.05, 0) is 41.3 Å². The van der Waals surface area contributed by atoms with E-state index < -0.39 is 37.7 Å². The van der Waals surface area contributed by atoms with Gasteiger partial charge in [0.15, 0.2) is 5.84 Å². The van der Waals surface area contributed by atoms with Crippen LogP contribution in [0.1, 0.15) is 17.5 Å². The lowest BCUT2D eigenvalue weighted by molar-refractivity contribution is -0.133. The Morgan fingerprint density at radius 3 is 2.66 bits per heavy atom. The van der Waals surface area contributed by atoms with Crippen LogP contribution in [0.3, 0.4) is 0 Å². The maximum atomic E-state index is 13.9. The zero-order valence-electron chi connectivity index (χ0n) is 20.0. The van der Waals surface area contributed by atoms with Gasteiger partial charge in [0.1, 0.15) is 27.0 Å². The minimum Gasteiger partial charge on any atom is -0.511 e. The predicted octanol–water partition coefficient (Wildman–Crippen LogP) is 2.49. The molecule has 4 unspecified atom stereocenters. The summed E-state index contributed by atoms with van der Waals surface area (Å²) >= 11 is 1.03. The molecule has 2 bridgehead atoms. The molecule has 0 saturated heterocycles. The van der Waals surface area contributed by atoms with E-state index in [4.69, 9.17) is 0 Å². The number of anilines is 1. The molecule has 2 aromatic rings. The second-order valence-corrected chi connectivity index (χ2v) is 14.1. The van der Waals surface area contributed by atoms with Gasteiger partial charge in [0.25, 0.3) is 15.9 Å². The molecule has 2 aliphatic carbocycles.